The first-order chi connectivity index (χ1) is 12.2. The third-order valence-corrected chi connectivity index (χ3v) is 4.95. The molecule has 2 heterocycles. The summed E-state index contributed by atoms with van der Waals surface area (Å²) >= 11 is 5.84. The second-order valence-electron chi connectivity index (χ2n) is 5.29. The largest absolute Gasteiger partial charge is 0.433 e. The van der Waals surface area contributed by atoms with Crippen LogP contribution in [0.1, 0.15) is 0 Å². The number of benzene rings is 1. The molecule has 0 aromatic heterocycles. The van der Waals surface area contributed by atoms with Gasteiger partial charge in [0.05, 0.1) is 16.3 Å². The summed E-state index contributed by atoms with van der Waals surface area (Å²) in [4.78, 5) is 14.1. The minimum atomic E-state index is -3.63. The molecule has 0 spiro atoms. The van der Waals surface area contributed by atoms with Gasteiger partial charge in [0.2, 0.25) is 0 Å². The number of halogens is 3. The second kappa shape index (κ2) is 7.04. The number of ether oxygens (including phenoxy) is 1. The fraction of sp³-hybridized carbons (Fsp3) is 0.200. The molecule has 0 radical (unpaired) electrons. The van der Waals surface area contributed by atoms with Crippen LogP contribution in [-0.4, -0.2) is 44.0 Å². The van der Waals surface area contributed by atoms with Crippen LogP contribution in [0.5, 0.6) is 5.75 Å². The Kier molecular flexibility index (Phi) is 4.97. The van der Waals surface area contributed by atoms with Crippen LogP contribution in [0, 0.1) is 0 Å². The smallest absolute Gasteiger partial charge is 0.387 e. The van der Waals surface area contributed by atoms with E-state index < -0.39 is 22.5 Å². The Hall–Kier alpha value is -2.46. The normalized spacial score (nSPS) is 18.1. The van der Waals surface area contributed by atoms with Crippen molar-refractivity contribution in [2.24, 2.45) is 4.40 Å². The lowest BCUT2D eigenvalue weighted by Gasteiger charge is -2.28. The summed E-state index contributed by atoms with van der Waals surface area (Å²) in [6, 6.07) is 3.76. The Bertz CT molecular complexity index is 944. The molecule has 0 unspecified atom stereocenters. The van der Waals surface area contributed by atoms with Crippen LogP contribution in [0.4, 0.5) is 14.5 Å². The van der Waals surface area contributed by atoms with Gasteiger partial charge in [-0.2, -0.15) is 8.78 Å². The summed E-state index contributed by atoms with van der Waals surface area (Å²) in [5.41, 5.74) is 0.280. The highest BCUT2D eigenvalue weighted by atomic mass is 35.5. The van der Waals surface area contributed by atoms with Crippen molar-refractivity contribution in [2.75, 3.05) is 17.6 Å². The zero-order valence-corrected chi connectivity index (χ0v) is 14.6. The second-order valence-corrected chi connectivity index (χ2v) is 7.46. The van der Waals surface area contributed by atoms with Gasteiger partial charge in [0, 0.05) is 18.4 Å². The van der Waals surface area contributed by atoms with Gasteiger partial charge in [0.15, 0.2) is 5.84 Å². The number of carbonyl (C=O) groups is 1. The van der Waals surface area contributed by atoms with Crippen LogP contribution >= 0.6 is 11.6 Å². The van der Waals surface area contributed by atoms with Crippen molar-refractivity contribution < 1.29 is 26.7 Å². The van der Waals surface area contributed by atoms with Crippen LogP contribution in [0.2, 0.25) is 5.02 Å². The zero-order valence-electron chi connectivity index (χ0n) is 13.0. The zero-order chi connectivity index (χ0) is 18.9. The summed E-state index contributed by atoms with van der Waals surface area (Å²) in [5.74, 6) is -0.959. The highest BCUT2D eigenvalue weighted by Gasteiger charge is 2.30. The maximum Gasteiger partial charge on any atom is 0.387 e. The number of nitrogens with zero attached hydrogens (tertiary/aromatic N) is 2. The van der Waals surface area contributed by atoms with E-state index in [4.69, 9.17) is 11.6 Å². The number of rotatable bonds is 4. The van der Waals surface area contributed by atoms with Gasteiger partial charge in [-0.05, 0) is 30.4 Å². The summed E-state index contributed by atoms with van der Waals surface area (Å²) in [6.07, 6.45) is 4.65. The molecule has 1 N–H and O–H groups in total. The van der Waals surface area contributed by atoms with E-state index in [1.165, 1.54) is 24.3 Å². The highest BCUT2D eigenvalue weighted by molar-refractivity contribution is 7.90. The fourth-order valence-electron chi connectivity index (χ4n) is 2.36. The van der Waals surface area contributed by atoms with Gasteiger partial charge >= 0.3 is 6.61 Å². The molecule has 0 atom stereocenters. The first kappa shape index (κ1) is 18.3. The van der Waals surface area contributed by atoms with Gasteiger partial charge in [-0.1, -0.05) is 11.6 Å². The Balaban J connectivity index is 1.82. The van der Waals surface area contributed by atoms with Crippen molar-refractivity contribution in [3.8, 4) is 5.75 Å². The molecule has 0 aliphatic carbocycles. The minimum absolute atomic E-state index is 0.0278. The topological polar surface area (TPSA) is 88.1 Å². The van der Waals surface area contributed by atoms with E-state index in [1.807, 2.05) is 0 Å². The number of anilines is 1. The van der Waals surface area contributed by atoms with Crippen LogP contribution in [0.25, 0.3) is 0 Å². The van der Waals surface area contributed by atoms with Crippen molar-refractivity contribution in [3.63, 3.8) is 0 Å². The van der Waals surface area contributed by atoms with E-state index in [1.54, 1.807) is 17.2 Å². The van der Waals surface area contributed by atoms with E-state index >= 15 is 0 Å². The van der Waals surface area contributed by atoms with Crippen molar-refractivity contribution in [3.05, 3.63) is 47.1 Å². The summed E-state index contributed by atoms with van der Waals surface area (Å²) in [6.45, 7) is -2.84. The van der Waals surface area contributed by atoms with Crippen molar-refractivity contribution in [1.29, 1.82) is 0 Å². The van der Waals surface area contributed by atoms with E-state index in [2.05, 4.69) is 14.5 Å². The monoisotopic (exact) mass is 403 g/mol. The van der Waals surface area contributed by atoms with E-state index in [9.17, 15) is 22.0 Å². The number of allylic oxidation sites excluding steroid dienone is 2. The molecular weight excluding hydrogens is 392 g/mol. The van der Waals surface area contributed by atoms with Gasteiger partial charge in [-0.25, -0.2) is 8.42 Å². The number of amidine groups is 1. The molecule has 3 rings (SSSR count). The van der Waals surface area contributed by atoms with Gasteiger partial charge in [0.1, 0.15) is 5.75 Å². The van der Waals surface area contributed by atoms with Crippen LogP contribution in [0.3, 0.4) is 0 Å². The Morgan fingerprint density at radius 1 is 1.38 bits per heavy atom. The lowest BCUT2D eigenvalue weighted by Crippen LogP contribution is -2.40. The average molecular weight is 404 g/mol. The summed E-state index contributed by atoms with van der Waals surface area (Å²) < 4.78 is 55.8. The number of hydrogen-bond acceptors (Lipinski definition) is 5. The maximum atomic E-state index is 12.5. The molecule has 0 fully saturated rings. The quantitative estimate of drug-likeness (QED) is 0.833. The first-order valence-corrected chi connectivity index (χ1v) is 9.28. The predicted octanol–water partition coefficient (Wildman–Crippen LogP) is 2.38. The summed E-state index contributed by atoms with van der Waals surface area (Å²) in [7, 11) is -3.63. The molecule has 0 saturated carbocycles. The van der Waals surface area contributed by atoms with E-state index in [-0.39, 0.29) is 40.2 Å². The fourth-order valence-corrected chi connectivity index (χ4v) is 3.57. The lowest BCUT2D eigenvalue weighted by molar-refractivity contribution is -0.112. The number of sulfonamides is 1. The number of hydrogen-bond donors (Lipinski definition) is 1. The van der Waals surface area contributed by atoms with Crippen molar-refractivity contribution in [1.82, 2.24) is 4.90 Å². The SMILES string of the molecule is O=C(Nc1ccc(OC(F)F)c(Cl)c1)C1=CC=CN2CCS(=O)(=O)N=C12. The molecule has 138 valence electrons. The molecule has 0 saturated heterocycles. The first-order valence-electron chi connectivity index (χ1n) is 7.29. The lowest BCUT2D eigenvalue weighted by atomic mass is 10.1. The third kappa shape index (κ3) is 4.02. The van der Waals surface area contributed by atoms with Crippen molar-refractivity contribution in [2.45, 2.75) is 6.61 Å². The number of amides is 1. The van der Waals surface area contributed by atoms with Gasteiger partial charge in [-0.3, -0.25) is 4.79 Å². The van der Waals surface area contributed by atoms with E-state index in [0.717, 1.165) is 0 Å². The number of carbonyl (C=O) groups excluding carboxylic acids is 1. The Morgan fingerprint density at radius 2 is 2.15 bits per heavy atom. The van der Waals surface area contributed by atoms with Crippen LogP contribution in [0.15, 0.2) is 46.5 Å². The maximum absolute atomic E-state index is 12.5. The highest BCUT2D eigenvalue weighted by Crippen LogP contribution is 2.29. The molecule has 7 nitrogen and oxygen atoms in total. The molecular formula is C15H12ClF2N3O4S. The molecule has 1 aromatic rings. The standard InChI is InChI=1S/C15H12ClF2N3O4S/c16-11-8-9(3-4-12(11)25-15(17)18)19-14(22)10-2-1-5-21-6-7-26(23,24)20-13(10)21/h1-5,8,15H,6-7H2,(H,19,22). The van der Waals surface area contributed by atoms with Gasteiger partial charge in [-0.15, -0.1) is 4.40 Å². The predicted molar refractivity (Wildman–Crippen MR) is 91.9 cm³/mol. The number of fused-ring (bicyclic) bond motifs is 1. The Labute approximate surface area is 152 Å². The van der Waals surface area contributed by atoms with Crippen LogP contribution in [-0.2, 0) is 14.8 Å². The van der Waals surface area contributed by atoms with Gasteiger partial charge < -0.3 is 15.0 Å². The molecule has 1 aromatic carbocycles. The number of alkyl halides is 2. The molecule has 1 amide bonds. The average Bonchev–Trinajstić information content (AvgIpc) is 2.55. The minimum Gasteiger partial charge on any atom is -0.433 e. The Morgan fingerprint density at radius 3 is 2.85 bits per heavy atom. The molecule has 26 heavy (non-hydrogen) atoms. The van der Waals surface area contributed by atoms with Gasteiger partial charge in [0.25, 0.3) is 15.9 Å². The van der Waals surface area contributed by atoms with E-state index in [0.29, 0.717) is 0 Å². The third-order valence-electron chi connectivity index (χ3n) is 3.51. The number of nitrogens with one attached hydrogen (secondary N) is 1. The molecule has 0 bridgehead atoms. The molecule has 11 heteroatoms. The summed E-state index contributed by atoms with van der Waals surface area (Å²) in [5, 5.41) is 2.41. The molecule has 2 aliphatic rings. The van der Waals surface area contributed by atoms with Crippen molar-refractivity contribution >= 4 is 39.1 Å². The molecule has 2 aliphatic heterocycles. The van der Waals surface area contributed by atoms with Crippen LogP contribution < -0.4 is 10.1 Å².